The SMILES string of the molecule is CCC(C)(CO)CNc1c(Cl)cc(F)cc1Br. The molecular weight excluding hydrogens is 308 g/mol. The molecule has 0 amide bonds. The van der Waals surface area contributed by atoms with Gasteiger partial charge in [-0.2, -0.15) is 0 Å². The van der Waals surface area contributed by atoms with Crippen LogP contribution in [0.15, 0.2) is 16.6 Å². The third-order valence-corrected chi connectivity index (χ3v) is 3.86. The predicted molar refractivity (Wildman–Crippen MR) is 73.1 cm³/mol. The lowest BCUT2D eigenvalue weighted by atomic mass is 9.88. The standard InChI is InChI=1S/C12H16BrClFNO/c1-3-12(2,7-17)6-16-11-9(13)4-8(15)5-10(11)14/h4-5,16-17H,3,6-7H2,1-2H3. The van der Waals surface area contributed by atoms with Crippen molar-refractivity contribution in [2.24, 2.45) is 5.41 Å². The zero-order chi connectivity index (χ0) is 13.1. The molecule has 0 aliphatic heterocycles. The minimum atomic E-state index is -0.382. The van der Waals surface area contributed by atoms with Crippen molar-refractivity contribution < 1.29 is 9.50 Å². The Morgan fingerprint density at radius 2 is 2.18 bits per heavy atom. The lowest BCUT2D eigenvalue weighted by Gasteiger charge is -2.27. The van der Waals surface area contributed by atoms with Crippen LogP contribution in [-0.4, -0.2) is 18.3 Å². The summed E-state index contributed by atoms with van der Waals surface area (Å²) in [5, 5.41) is 12.8. The zero-order valence-electron chi connectivity index (χ0n) is 9.86. The van der Waals surface area contributed by atoms with E-state index in [1.165, 1.54) is 12.1 Å². The second-order valence-corrected chi connectivity index (χ2v) is 5.68. The van der Waals surface area contributed by atoms with Crippen LogP contribution in [0.3, 0.4) is 0 Å². The molecule has 0 saturated carbocycles. The summed E-state index contributed by atoms with van der Waals surface area (Å²) in [6.07, 6.45) is 0.840. The van der Waals surface area contributed by atoms with Crippen LogP contribution in [0.1, 0.15) is 20.3 Å². The van der Waals surface area contributed by atoms with E-state index >= 15 is 0 Å². The van der Waals surface area contributed by atoms with Crippen molar-refractivity contribution in [2.75, 3.05) is 18.5 Å². The number of halogens is 3. The second kappa shape index (κ2) is 6.03. The summed E-state index contributed by atoms with van der Waals surface area (Å²) < 4.78 is 13.6. The van der Waals surface area contributed by atoms with Crippen LogP contribution in [-0.2, 0) is 0 Å². The lowest BCUT2D eigenvalue weighted by molar-refractivity contribution is 0.149. The highest BCUT2D eigenvalue weighted by atomic mass is 79.9. The van der Waals surface area contributed by atoms with E-state index in [2.05, 4.69) is 21.2 Å². The summed E-state index contributed by atoms with van der Waals surface area (Å²) >= 11 is 9.22. The van der Waals surface area contributed by atoms with Gasteiger partial charge in [0, 0.05) is 16.4 Å². The number of aliphatic hydroxyl groups is 1. The number of rotatable bonds is 5. The monoisotopic (exact) mass is 323 g/mol. The molecule has 0 heterocycles. The number of hydrogen-bond donors (Lipinski definition) is 2. The molecule has 0 aliphatic rings. The van der Waals surface area contributed by atoms with Crippen LogP contribution in [0.25, 0.3) is 0 Å². The first kappa shape index (κ1) is 14.7. The van der Waals surface area contributed by atoms with Gasteiger partial charge >= 0.3 is 0 Å². The Bertz CT molecular complexity index is 373. The topological polar surface area (TPSA) is 32.3 Å². The Morgan fingerprint density at radius 1 is 1.53 bits per heavy atom. The van der Waals surface area contributed by atoms with Crippen molar-refractivity contribution in [3.8, 4) is 0 Å². The molecule has 1 unspecified atom stereocenters. The zero-order valence-corrected chi connectivity index (χ0v) is 12.2. The van der Waals surface area contributed by atoms with E-state index < -0.39 is 0 Å². The molecule has 1 rings (SSSR count). The van der Waals surface area contributed by atoms with Crippen LogP contribution in [0.4, 0.5) is 10.1 Å². The molecule has 0 bridgehead atoms. The summed E-state index contributed by atoms with van der Waals surface area (Å²) in [5.41, 5.74) is 0.443. The molecule has 0 aliphatic carbocycles. The van der Waals surface area contributed by atoms with Crippen molar-refractivity contribution in [3.05, 3.63) is 27.4 Å². The Kier molecular flexibility index (Phi) is 5.22. The van der Waals surface area contributed by atoms with Crippen LogP contribution < -0.4 is 5.32 Å². The molecule has 1 atom stereocenters. The van der Waals surface area contributed by atoms with Gasteiger partial charge in [0.15, 0.2) is 0 Å². The minimum Gasteiger partial charge on any atom is -0.396 e. The highest BCUT2D eigenvalue weighted by Crippen LogP contribution is 2.33. The maximum Gasteiger partial charge on any atom is 0.125 e. The fourth-order valence-corrected chi connectivity index (χ4v) is 2.27. The molecule has 0 saturated heterocycles. The maximum atomic E-state index is 13.0. The fourth-order valence-electron chi connectivity index (χ4n) is 1.31. The molecule has 0 fully saturated rings. The van der Waals surface area contributed by atoms with E-state index in [-0.39, 0.29) is 17.8 Å². The van der Waals surface area contributed by atoms with Gasteiger partial charge in [0.25, 0.3) is 0 Å². The number of nitrogens with one attached hydrogen (secondary N) is 1. The molecule has 1 aromatic rings. The third-order valence-electron chi connectivity index (χ3n) is 2.93. The summed E-state index contributed by atoms with van der Waals surface area (Å²) in [7, 11) is 0. The Balaban J connectivity index is 2.83. The first-order chi connectivity index (χ1) is 7.91. The molecule has 0 aromatic heterocycles. The van der Waals surface area contributed by atoms with Crippen LogP contribution in [0.2, 0.25) is 5.02 Å². The smallest absolute Gasteiger partial charge is 0.125 e. The molecule has 0 spiro atoms. The maximum absolute atomic E-state index is 13.0. The van der Waals surface area contributed by atoms with Gasteiger partial charge in [-0.05, 0) is 34.5 Å². The largest absolute Gasteiger partial charge is 0.396 e. The first-order valence-corrected chi connectivity index (χ1v) is 6.58. The Labute approximate surface area is 114 Å². The van der Waals surface area contributed by atoms with Gasteiger partial charge in [-0.3, -0.25) is 0 Å². The number of hydrogen-bond acceptors (Lipinski definition) is 2. The average Bonchev–Trinajstić information content (AvgIpc) is 2.27. The second-order valence-electron chi connectivity index (χ2n) is 4.42. The van der Waals surface area contributed by atoms with E-state index in [1.807, 2.05) is 13.8 Å². The quantitative estimate of drug-likeness (QED) is 0.856. The molecule has 96 valence electrons. The number of benzene rings is 1. The van der Waals surface area contributed by atoms with Crippen molar-refractivity contribution in [3.63, 3.8) is 0 Å². The van der Waals surface area contributed by atoms with Crippen molar-refractivity contribution in [2.45, 2.75) is 20.3 Å². The third kappa shape index (κ3) is 3.83. The minimum absolute atomic E-state index is 0.0902. The lowest BCUT2D eigenvalue weighted by Crippen LogP contribution is -2.29. The highest BCUT2D eigenvalue weighted by molar-refractivity contribution is 9.10. The Morgan fingerprint density at radius 3 is 2.65 bits per heavy atom. The van der Waals surface area contributed by atoms with E-state index in [4.69, 9.17) is 11.6 Å². The number of anilines is 1. The molecule has 17 heavy (non-hydrogen) atoms. The van der Waals surface area contributed by atoms with Gasteiger partial charge in [0.2, 0.25) is 0 Å². The van der Waals surface area contributed by atoms with E-state index in [0.717, 1.165) is 6.42 Å². The Hall–Kier alpha value is -0.320. The summed E-state index contributed by atoms with van der Waals surface area (Å²) in [5.74, 6) is -0.382. The molecule has 0 radical (unpaired) electrons. The number of aliphatic hydroxyl groups excluding tert-OH is 1. The highest BCUT2D eigenvalue weighted by Gasteiger charge is 2.21. The van der Waals surface area contributed by atoms with Gasteiger partial charge < -0.3 is 10.4 Å². The fraction of sp³-hybridized carbons (Fsp3) is 0.500. The average molecular weight is 325 g/mol. The molecule has 2 N–H and O–H groups in total. The summed E-state index contributed by atoms with van der Waals surface area (Å²) in [4.78, 5) is 0. The summed E-state index contributed by atoms with van der Waals surface area (Å²) in [6.45, 7) is 4.65. The van der Waals surface area contributed by atoms with Crippen molar-refractivity contribution in [1.82, 2.24) is 0 Å². The summed E-state index contributed by atoms with van der Waals surface area (Å²) in [6, 6.07) is 2.62. The van der Waals surface area contributed by atoms with Crippen molar-refractivity contribution in [1.29, 1.82) is 0 Å². The molecule has 2 nitrogen and oxygen atoms in total. The van der Waals surface area contributed by atoms with E-state index in [1.54, 1.807) is 0 Å². The molecule has 5 heteroatoms. The van der Waals surface area contributed by atoms with E-state index in [9.17, 15) is 9.50 Å². The van der Waals surface area contributed by atoms with Gasteiger partial charge in [-0.25, -0.2) is 4.39 Å². The normalized spacial score (nSPS) is 14.5. The predicted octanol–water partition coefficient (Wildman–Crippen LogP) is 4.06. The van der Waals surface area contributed by atoms with Crippen LogP contribution in [0.5, 0.6) is 0 Å². The van der Waals surface area contributed by atoms with Crippen LogP contribution >= 0.6 is 27.5 Å². The van der Waals surface area contributed by atoms with Gasteiger partial charge in [-0.15, -0.1) is 0 Å². The molecular formula is C12H16BrClFNO. The van der Waals surface area contributed by atoms with Gasteiger partial charge in [0.05, 0.1) is 17.3 Å². The van der Waals surface area contributed by atoms with E-state index in [0.29, 0.717) is 21.7 Å². The van der Waals surface area contributed by atoms with Gasteiger partial charge in [-0.1, -0.05) is 25.4 Å². The first-order valence-electron chi connectivity index (χ1n) is 5.41. The van der Waals surface area contributed by atoms with Crippen LogP contribution in [0, 0.1) is 11.2 Å². The van der Waals surface area contributed by atoms with Gasteiger partial charge in [0.1, 0.15) is 5.82 Å². The molecule has 1 aromatic carbocycles. The van der Waals surface area contributed by atoms with Crippen molar-refractivity contribution >= 4 is 33.2 Å².